The molecule has 2 aromatic rings. The molecule has 132 valence electrons. The first kappa shape index (κ1) is 17.3. The van der Waals surface area contributed by atoms with Crippen LogP contribution in [0.3, 0.4) is 0 Å². The molecule has 1 heterocycles. The van der Waals surface area contributed by atoms with Crippen molar-refractivity contribution < 1.29 is 14.2 Å². The van der Waals surface area contributed by atoms with E-state index < -0.39 is 5.66 Å². The van der Waals surface area contributed by atoms with E-state index in [4.69, 9.17) is 26.4 Å². The summed E-state index contributed by atoms with van der Waals surface area (Å²) >= 11 is 5.52. The van der Waals surface area contributed by atoms with Gasteiger partial charge in [0.15, 0.2) is 5.11 Å². The van der Waals surface area contributed by atoms with Crippen molar-refractivity contribution in [3.63, 3.8) is 0 Å². The highest BCUT2D eigenvalue weighted by atomic mass is 32.1. The molecule has 1 fully saturated rings. The Morgan fingerprint density at radius 3 is 2.16 bits per heavy atom. The summed E-state index contributed by atoms with van der Waals surface area (Å²) < 4.78 is 16.0. The average molecular weight is 359 g/mol. The van der Waals surface area contributed by atoms with Crippen LogP contribution < -0.4 is 30.0 Å². The van der Waals surface area contributed by atoms with Crippen molar-refractivity contribution in [1.82, 2.24) is 10.7 Å². The van der Waals surface area contributed by atoms with Gasteiger partial charge in [-0.2, -0.15) is 5.43 Å². The van der Waals surface area contributed by atoms with Gasteiger partial charge in [-0.15, -0.1) is 0 Å². The number of methoxy groups -OCH3 is 3. The molecule has 0 aliphatic carbocycles. The fraction of sp³-hybridized carbons (Fsp3) is 0.278. The van der Waals surface area contributed by atoms with Gasteiger partial charge in [0, 0.05) is 11.6 Å². The van der Waals surface area contributed by atoms with Gasteiger partial charge >= 0.3 is 0 Å². The number of thiocarbonyl (C=S) groups is 1. The molecule has 1 atom stereocenters. The molecule has 25 heavy (non-hydrogen) atoms. The number of ether oxygens (including phenoxy) is 3. The zero-order chi connectivity index (χ0) is 18.0. The molecule has 7 heteroatoms. The van der Waals surface area contributed by atoms with Gasteiger partial charge in [-0.3, -0.25) is 0 Å². The van der Waals surface area contributed by atoms with E-state index in [0.29, 0.717) is 10.9 Å². The lowest BCUT2D eigenvalue weighted by Crippen LogP contribution is -2.46. The van der Waals surface area contributed by atoms with Crippen LogP contribution in [0.15, 0.2) is 42.5 Å². The summed E-state index contributed by atoms with van der Waals surface area (Å²) in [4.78, 5) is 0. The van der Waals surface area contributed by atoms with E-state index in [1.54, 1.807) is 21.3 Å². The van der Waals surface area contributed by atoms with Gasteiger partial charge in [-0.1, -0.05) is 0 Å². The standard InChI is InChI=1S/C18H21N3O3S/c1-18(15-10-9-14(23-3)11-16(15)24-4)19-17(25)21(20-18)12-5-7-13(22-2)8-6-12/h5-11,20H,1-4H3,(H,19,25)/t18-/m0/s1. The monoisotopic (exact) mass is 359 g/mol. The fourth-order valence-electron chi connectivity index (χ4n) is 2.82. The summed E-state index contributed by atoms with van der Waals surface area (Å²) in [6.45, 7) is 2.01. The number of hydrogen-bond acceptors (Lipinski definition) is 5. The minimum absolute atomic E-state index is 0.575. The molecular formula is C18H21N3O3S. The van der Waals surface area contributed by atoms with Crippen LogP contribution in [-0.2, 0) is 5.66 Å². The van der Waals surface area contributed by atoms with Gasteiger partial charge in [0.25, 0.3) is 0 Å². The van der Waals surface area contributed by atoms with E-state index in [2.05, 4.69) is 10.7 Å². The SMILES string of the molecule is COc1ccc(N2N[C@@](C)(c3ccc(OC)cc3OC)NC2=S)cc1. The van der Waals surface area contributed by atoms with E-state index in [1.165, 1.54) is 0 Å². The number of benzene rings is 2. The van der Waals surface area contributed by atoms with Crippen LogP contribution >= 0.6 is 12.2 Å². The van der Waals surface area contributed by atoms with E-state index in [-0.39, 0.29) is 0 Å². The smallest absolute Gasteiger partial charge is 0.190 e. The predicted octanol–water partition coefficient (Wildman–Crippen LogP) is 2.78. The normalized spacial score (nSPS) is 19.5. The maximum Gasteiger partial charge on any atom is 0.190 e. The van der Waals surface area contributed by atoms with Gasteiger partial charge in [-0.05, 0) is 55.5 Å². The van der Waals surface area contributed by atoms with Crippen molar-refractivity contribution in [3.8, 4) is 17.2 Å². The zero-order valence-corrected chi connectivity index (χ0v) is 15.4. The summed E-state index contributed by atoms with van der Waals surface area (Å²) in [6.07, 6.45) is 0. The van der Waals surface area contributed by atoms with Crippen molar-refractivity contribution in [2.24, 2.45) is 0 Å². The highest BCUT2D eigenvalue weighted by Crippen LogP contribution is 2.35. The third kappa shape index (κ3) is 3.20. The van der Waals surface area contributed by atoms with Gasteiger partial charge in [0.2, 0.25) is 0 Å². The number of hydrogen-bond donors (Lipinski definition) is 2. The van der Waals surface area contributed by atoms with Crippen molar-refractivity contribution in [3.05, 3.63) is 48.0 Å². The molecular weight excluding hydrogens is 338 g/mol. The largest absolute Gasteiger partial charge is 0.497 e. The topological polar surface area (TPSA) is 55.0 Å². The molecule has 0 bridgehead atoms. The number of nitrogens with zero attached hydrogens (tertiary/aromatic N) is 1. The molecule has 0 amide bonds. The van der Waals surface area contributed by atoms with Crippen molar-refractivity contribution in [2.75, 3.05) is 26.3 Å². The van der Waals surface area contributed by atoms with Crippen LogP contribution in [0.1, 0.15) is 12.5 Å². The molecule has 0 aromatic heterocycles. The molecule has 2 aromatic carbocycles. The minimum atomic E-state index is -0.616. The molecule has 0 unspecified atom stereocenters. The first-order valence-electron chi connectivity index (χ1n) is 7.77. The predicted molar refractivity (Wildman–Crippen MR) is 101 cm³/mol. The Morgan fingerprint density at radius 1 is 0.920 bits per heavy atom. The molecule has 3 rings (SSSR count). The maximum atomic E-state index is 5.53. The zero-order valence-electron chi connectivity index (χ0n) is 14.6. The van der Waals surface area contributed by atoms with Gasteiger partial charge in [0.05, 0.1) is 27.0 Å². The Kier molecular flexibility index (Phi) is 4.69. The van der Waals surface area contributed by atoms with Gasteiger partial charge < -0.3 is 19.5 Å². The number of rotatable bonds is 5. The highest BCUT2D eigenvalue weighted by Gasteiger charge is 2.40. The number of nitrogens with one attached hydrogen (secondary N) is 2. The molecule has 0 saturated carbocycles. The average Bonchev–Trinajstić information content (AvgIpc) is 2.96. The molecule has 1 saturated heterocycles. The first-order chi connectivity index (χ1) is 12.0. The third-order valence-corrected chi connectivity index (χ3v) is 4.46. The van der Waals surface area contributed by atoms with Crippen LogP contribution in [0.4, 0.5) is 5.69 Å². The molecule has 2 N–H and O–H groups in total. The number of anilines is 1. The summed E-state index contributed by atoms with van der Waals surface area (Å²) in [5, 5.41) is 5.74. The van der Waals surface area contributed by atoms with Gasteiger partial charge in [0.1, 0.15) is 22.9 Å². The second-order valence-electron chi connectivity index (χ2n) is 5.77. The summed E-state index contributed by atoms with van der Waals surface area (Å²) in [5.41, 5.74) is 4.64. The second-order valence-corrected chi connectivity index (χ2v) is 6.15. The lowest BCUT2D eigenvalue weighted by molar-refractivity contribution is 0.345. The fourth-order valence-corrected chi connectivity index (χ4v) is 3.18. The molecule has 6 nitrogen and oxygen atoms in total. The van der Waals surface area contributed by atoms with Crippen LogP contribution in [0.25, 0.3) is 0 Å². The molecule has 0 spiro atoms. The van der Waals surface area contributed by atoms with Crippen LogP contribution in [0.5, 0.6) is 17.2 Å². The van der Waals surface area contributed by atoms with Crippen molar-refractivity contribution in [1.29, 1.82) is 0 Å². The Morgan fingerprint density at radius 2 is 1.56 bits per heavy atom. The first-order valence-corrected chi connectivity index (χ1v) is 8.18. The molecule has 1 aliphatic rings. The Labute approximate surface area is 152 Å². The maximum absolute atomic E-state index is 5.53. The number of hydrazine groups is 1. The lowest BCUT2D eigenvalue weighted by atomic mass is 10.0. The lowest BCUT2D eigenvalue weighted by Gasteiger charge is -2.28. The second kappa shape index (κ2) is 6.78. The Balaban J connectivity index is 1.92. The van der Waals surface area contributed by atoms with Crippen molar-refractivity contribution in [2.45, 2.75) is 12.6 Å². The molecule has 1 aliphatic heterocycles. The highest BCUT2D eigenvalue weighted by molar-refractivity contribution is 7.80. The van der Waals surface area contributed by atoms with Crippen molar-refractivity contribution >= 4 is 23.0 Å². The Bertz CT molecular complexity index is 782. The quantitative estimate of drug-likeness (QED) is 0.796. The van der Waals surface area contributed by atoms with Gasteiger partial charge in [-0.25, -0.2) is 5.01 Å². The van der Waals surface area contributed by atoms with Crippen LogP contribution in [0.2, 0.25) is 0 Å². The van der Waals surface area contributed by atoms with E-state index in [9.17, 15) is 0 Å². The Hall–Kier alpha value is -2.51. The van der Waals surface area contributed by atoms with E-state index in [1.807, 2.05) is 54.4 Å². The van der Waals surface area contributed by atoms with E-state index in [0.717, 1.165) is 22.7 Å². The van der Waals surface area contributed by atoms with E-state index >= 15 is 0 Å². The van der Waals surface area contributed by atoms with Crippen LogP contribution in [-0.4, -0.2) is 26.4 Å². The van der Waals surface area contributed by atoms with Crippen LogP contribution in [0, 0.1) is 0 Å². The third-order valence-electron chi connectivity index (χ3n) is 4.17. The molecule has 0 radical (unpaired) electrons. The summed E-state index contributed by atoms with van der Waals surface area (Å²) in [5.74, 6) is 2.24. The summed E-state index contributed by atoms with van der Waals surface area (Å²) in [7, 11) is 4.90. The minimum Gasteiger partial charge on any atom is -0.497 e. The summed E-state index contributed by atoms with van der Waals surface area (Å²) in [6, 6.07) is 13.4.